The minimum atomic E-state index is -0.117. The zero-order chi connectivity index (χ0) is 17.1. The number of likely N-dealkylation sites (N-methyl/N-ethyl adjacent to an activating group) is 1. The zero-order valence-corrected chi connectivity index (χ0v) is 14.9. The molecule has 0 fully saturated rings. The van der Waals surface area contributed by atoms with Crippen molar-refractivity contribution in [1.29, 1.82) is 0 Å². The second-order valence-corrected chi connectivity index (χ2v) is 7.00. The number of fused-ring (bicyclic) bond motifs is 1. The smallest absolute Gasteiger partial charge is 0.274 e. The van der Waals surface area contributed by atoms with Crippen molar-refractivity contribution in [3.05, 3.63) is 59.9 Å². The highest BCUT2D eigenvalue weighted by Gasteiger charge is 2.30. The van der Waals surface area contributed by atoms with Crippen LogP contribution >= 0.6 is 11.9 Å². The molecule has 1 aromatic heterocycles. The monoisotopic (exact) mass is 339 g/mol. The number of rotatable bonds is 4. The van der Waals surface area contributed by atoms with Gasteiger partial charge in [0.25, 0.3) is 5.91 Å². The number of nitrogens with zero attached hydrogens (tertiary/aromatic N) is 2. The number of benzene rings is 1. The van der Waals surface area contributed by atoms with Gasteiger partial charge in [0.05, 0.1) is 0 Å². The fraction of sp³-hybridized carbons (Fsp3) is 0.263. The van der Waals surface area contributed by atoms with Crippen LogP contribution in [0.5, 0.6) is 0 Å². The van der Waals surface area contributed by atoms with Gasteiger partial charge in [-0.2, -0.15) is 0 Å². The first kappa shape index (κ1) is 16.6. The maximum Gasteiger partial charge on any atom is 0.274 e. The Bertz CT molecular complexity index is 773. The lowest BCUT2D eigenvalue weighted by molar-refractivity contribution is -0.113. The van der Waals surface area contributed by atoms with E-state index in [-0.39, 0.29) is 5.91 Å². The van der Waals surface area contributed by atoms with E-state index in [2.05, 4.69) is 36.3 Å². The van der Waals surface area contributed by atoms with E-state index in [0.717, 1.165) is 17.6 Å². The molecular weight excluding hydrogens is 318 g/mol. The van der Waals surface area contributed by atoms with Gasteiger partial charge in [-0.15, -0.1) is 0 Å². The van der Waals surface area contributed by atoms with Crippen LogP contribution in [0.2, 0.25) is 0 Å². The zero-order valence-electron chi connectivity index (χ0n) is 14.1. The van der Waals surface area contributed by atoms with Gasteiger partial charge in [0.2, 0.25) is 0 Å². The van der Waals surface area contributed by atoms with E-state index in [4.69, 9.17) is 0 Å². The summed E-state index contributed by atoms with van der Waals surface area (Å²) in [6.07, 6.45) is 2.65. The molecule has 0 saturated heterocycles. The summed E-state index contributed by atoms with van der Waals surface area (Å²) in [5.74, 6) is 0.739. The Labute approximate surface area is 147 Å². The van der Waals surface area contributed by atoms with Gasteiger partial charge in [0.1, 0.15) is 11.5 Å². The van der Waals surface area contributed by atoms with Gasteiger partial charge in [0.15, 0.2) is 0 Å². The Balaban J connectivity index is 2.06. The van der Waals surface area contributed by atoms with Crippen LogP contribution in [0.1, 0.15) is 25.8 Å². The Morgan fingerprint density at radius 2 is 2.00 bits per heavy atom. The van der Waals surface area contributed by atoms with Crippen molar-refractivity contribution >= 4 is 29.2 Å². The van der Waals surface area contributed by atoms with E-state index in [0.29, 0.717) is 17.4 Å². The van der Waals surface area contributed by atoms with Crippen LogP contribution in [0.3, 0.4) is 0 Å². The summed E-state index contributed by atoms with van der Waals surface area (Å²) in [6.45, 7) is 4.32. The van der Waals surface area contributed by atoms with Gasteiger partial charge in [-0.1, -0.05) is 38.1 Å². The van der Waals surface area contributed by atoms with E-state index in [9.17, 15) is 4.79 Å². The molecule has 1 atom stereocenters. The second-order valence-electron chi connectivity index (χ2n) is 5.83. The molecule has 0 spiro atoms. The number of amides is 1. The average Bonchev–Trinajstić information content (AvgIpc) is 2.60. The number of hydrogen-bond donors (Lipinski definition) is 1. The van der Waals surface area contributed by atoms with Crippen LogP contribution in [0, 0.1) is 5.92 Å². The molecule has 1 unspecified atom stereocenters. The Hall–Kier alpha value is -2.27. The van der Waals surface area contributed by atoms with Gasteiger partial charge >= 0.3 is 0 Å². The lowest BCUT2D eigenvalue weighted by Gasteiger charge is -2.32. The summed E-state index contributed by atoms with van der Waals surface area (Å²) in [7, 11) is 1.94. The minimum absolute atomic E-state index is 0.117. The highest BCUT2D eigenvalue weighted by Crippen LogP contribution is 2.43. The Morgan fingerprint density at radius 1 is 1.25 bits per heavy atom. The van der Waals surface area contributed by atoms with Crippen LogP contribution in [-0.2, 0) is 4.79 Å². The van der Waals surface area contributed by atoms with Gasteiger partial charge in [-0.25, -0.2) is 4.98 Å². The molecule has 5 heteroatoms. The predicted octanol–water partition coefficient (Wildman–Crippen LogP) is 4.43. The highest BCUT2D eigenvalue weighted by molar-refractivity contribution is 7.97. The van der Waals surface area contributed by atoms with E-state index in [1.54, 1.807) is 24.2 Å². The third kappa shape index (κ3) is 3.17. The summed E-state index contributed by atoms with van der Waals surface area (Å²) >= 11 is 1.58. The Morgan fingerprint density at radius 3 is 2.71 bits per heavy atom. The normalized spacial score (nSPS) is 15.0. The number of carbonyl (C=O) groups is 1. The van der Waals surface area contributed by atoms with Gasteiger partial charge in [0, 0.05) is 18.1 Å². The molecule has 0 radical (unpaired) electrons. The molecule has 1 aliphatic heterocycles. The fourth-order valence-corrected chi connectivity index (χ4v) is 3.82. The molecule has 0 bridgehead atoms. The van der Waals surface area contributed by atoms with Crippen molar-refractivity contribution in [2.75, 3.05) is 12.4 Å². The molecule has 1 amide bonds. The van der Waals surface area contributed by atoms with Crippen molar-refractivity contribution in [3.63, 3.8) is 0 Å². The van der Waals surface area contributed by atoms with Crippen LogP contribution in [-0.4, -0.2) is 22.2 Å². The summed E-state index contributed by atoms with van der Waals surface area (Å²) in [6, 6.07) is 13.8. The number of anilines is 1. The molecule has 24 heavy (non-hydrogen) atoms. The molecule has 1 aromatic carbocycles. The molecule has 1 aliphatic rings. The van der Waals surface area contributed by atoms with Gasteiger partial charge in [-0.05, 0) is 53.6 Å². The lowest BCUT2D eigenvalue weighted by Crippen LogP contribution is -2.29. The van der Waals surface area contributed by atoms with E-state index < -0.39 is 0 Å². The van der Waals surface area contributed by atoms with E-state index in [1.807, 2.05) is 35.6 Å². The van der Waals surface area contributed by atoms with Crippen molar-refractivity contribution < 1.29 is 4.79 Å². The fourth-order valence-electron chi connectivity index (χ4n) is 2.84. The molecule has 124 valence electrons. The van der Waals surface area contributed by atoms with Gasteiger partial charge in [-0.3, -0.25) is 4.79 Å². The first-order valence-corrected chi connectivity index (χ1v) is 8.86. The van der Waals surface area contributed by atoms with E-state index >= 15 is 0 Å². The molecule has 0 saturated carbocycles. The van der Waals surface area contributed by atoms with Crippen molar-refractivity contribution in [3.8, 4) is 0 Å². The number of carbonyl (C=O) groups excluding carboxylic acids is 1. The average molecular weight is 339 g/mol. The Kier molecular flexibility index (Phi) is 4.90. The van der Waals surface area contributed by atoms with Crippen molar-refractivity contribution in [1.82, 2.24) is 9.29 Å². The maximum atomic E-state index is 13.0. The van der Waals surface area contributed by atoms with Gasteiger partial charge < -0.3 is 9.62 Å². The molecule has 1 N–H and O–H groups in total. The molecular formula is C19H21N3OS. The summed E-state index contributed by atoms with van der Waals surface area (Å²) in [4.78, 5) is 18.3. The lowest BCUT2D eigenvalue weighted by atomic mass is 9.89. The van der Waals surface area contributed by atoms with Crippen molar-refractivity contribution in [2.45, 2.75) is 25.2 Å². The largest absolute Gasteiger partial charge is 0.310 e. The number of aromatic nitrogens is 1. The van der Waals surface area contributed by atoms with E-state index in [1.165, 1.54) is 4.90 Å². The SMILES string of the molecule is CCC(C)C1=C(C(=O)Nc2ccccn2)N(C)Sc2ccccc21. The number of hydrogen-bond acceptors (Lipinski definition) is 4. The molecule has 3 rings (SSSR count). The first-order chi connectivity index (χ1) is 11.6. The van der Waals surface area contributed by atoms with Crippen LogP contribution in [0.25, 0.3) is 5.57 Å². The summed E-state index contributed by atoms with van der Waals surface area (Å²) in [5.41, 5.74) is 2.96. The maximum absolute atomic E-state index is 13.0. The van der Waals surface area contributed by atoms with Crippen LogP contribution in [0.15, 0.2) is 59.3 Å². The number of pyridine rings is 1. The van der Waals surface area contributed by atoms with Crippen molar-refractivity contribution in [2.24, 2.45) is 5.92 Å². The van der Waals surface area contributed by atoms with Crippen LogP contribution in [0.4, 0.5) is 5.82 Å². The highest BCUT2D eigenvalue weighted by atomic mass is 32.2. The summed E-state index contributed by atoms with van der Waals surface area (Å²) < 4.78 is 1.96. The summed E-state index contributed by atoms with van der Waals surface area (Å²) in [5, 5.41) is 2.92. The number of allylic oxidation sites excluding steroid dienone is 1. The second kappa shape index (κ2) is 7.09. The minimum Gasteiger partial charge on any atom is -0.310 e. The third-order valence-electron chi connectivity index (χ3n) is 4.21. The molecule has 2 aromatic rings. The predicted molar refractivity (Wildman–Crippen MR) is 99.3 cm³/mol. The number of nitrogens with one attached hydrogen (secondary N) is 1. The van der Waals surface area contributed by atoms with Crippen LogP contribution < -0.4 is 5.32 Å². The standard InChI is InChI=1S/C19H21N3OS/c1-4-13(2)17-14-9-5-6-10-15(14)24-22(3)18(17)19(23)21-16-11-7-8-12-20-16/h5-13H,4H2,1-3H3,(H,20,21,23). The quantitative estimate of drug-likeness (QED) is 0.837. The third-order valence-corrected chi connectivity index (χ3v) is 5.22. The molecule has 2 heterocycles. The topological polar surface area (TPSA) is 45.2 Å². The first-order valence-electron chi connectivity index (χ1n) is 8.09. The molecule has 0 aliphatic carbocycles. The molecule has 4 nitrogen and oxygen atoms in total.